The molecule has 3 rings (SSSR count). The van der Waals surface area contributed by atoms with Gasteiger partial charge in [0.05, 0.1) is 12.1 Å². The van der Waals surface area contributed by atoms with E-state index in [1.807, 2.05) is 24.3 Å². The maximum absolute atomic E-state index is 12.2. The lowest BCUT2D eigenvalue weighted by atomic mass is 10.1. The lowest BCUT2D eigenvalue weighted by Gasteiger charge is -2.08. The molecule has 0 atom stereocenters. The molecule has 0 aliphatic heterocycles. The van der Waals surface area contributed by atoms with E-state index in [4.69, 9.17) is 0 Å². The topological polar surface area (TPSA) is 80.0 Å². The predicted octanol–water partition coefficient (Wildman–Crippen LogP) is 2.72. The first-order valence-electron chi connectivity index (χ1n) is 7.29. The molecule has 6 nitrogen and oxygen atoms in total. The fourth-order valence-electron chi connectivity index (χ4n) is 2.23. The second-order valence-corrected chi connectivity index (χ2v) is 6.17. The van der Waals surface area contributed by atoms with Crippen LogP contribution in [0.4, 0.5) is 0 Å². The Balaban J connectivity index is 1.60. The highest BCUT2D eigenvalue weighted by Gasteiger charge is 2.11. The highest BCUT2D eigenvalue weighted by molar-refractivity contribution is 9.10. The largest absolute Gasteiger partial charge is 0.507 e. The van der Waals surface area contributed by atoms with Gasteiger partial charge in [0.1, 0.15) is 18.4 Å². The Kier molecular flexibility index (Phi) is 4.90. The maximum atomic E-state index is 12.2. The maximum Gasteiger partial charge on any atom is 0.255 e. The molecule has 1 heterocycles. The molecule has 0 bridgehead atoms. The summed E-state index contributed by atoms with van der Waals surface area (Å²) in [6, 6.07) is 12.6. The van der Waals surface area contributed by atoms with Crippen molar-refractivity contribution in [1.82, 2.24) is 20.1 Å². The van der Waals surface area contributed by atoms with Crippen LogP contribution in [0.25, 0.3) is 0 Å². The highest BCUT2D eigenvalue weighted by atomic mass is 79.9. The number of carbonyl (C=O) groups excluding carboxylic acids is 1. The van der Waals surface area contributed by atoms with E-state index in [-0.39, 0.29) is 17.2 Å². The number of nitrogens with zero attached hydrogens (tertiary/aromatic N) is 3. The lowest BCUT2D eigenvalue weighted by Crippen LogP contribution is -2.22. The van der Waals surface area contributed by atoms with Crippen molar-refractivity contribution < 1.29 is 9.90 Å². The molecule has 0 saturated heterocycles. The van der Waals surface area contributed by atoms with Gasteiger partial charge >= 0.3 is 0 Å². The van der Waals surface area contributed by atoms with Crippen molar-refractivity contribution in [1.29, 1.82) is 0 Å². The Labute approximate surface area is 147 Å². The van der Waals surface area contributed by atoms with E-state index < -0.39 is 0 Å². The smallest absolute Gasteiger partial charge is 0.255 e. The van der Waals surface area contributed by atoms with Gasteiger partial charge in [-0.25, -0.2) is 9.67 Å². The van der Waals surface area contributed by atoms with Gasteiger partial charge in [-0.1, -0.05) is 40.2 Å². The molecule has 2 N–H and O–H groups in total. The van der Waals surface area contributed by atoms with Crippen LogP contribution in [-0.2, 0) is 13.1 Å². The van der Waals surface area contributed by atoms with Gasteiger partial charge < -0.3 is 10.4 Å². The summed E-state index contributed by atoms with van der Waals surface area (Å²) in [6.07, 6.45) is 3.17. The fourth-order valence-corrected chi connectivity index (χ4v) is 2.59. The van der Waals surface area contributed by atoms with Crippen LogP contribution in [-0.4, -0.2) is 25.8 Å². The zero-order chi connectivity index (χ0) is 16.9. The third-order valence-corrected chi connectivity index (χ3v) is 3.98. The molecule has 2 aromatic carbocycles. The molecule has 7 heteroatoms. The lowest BCUT2D eigenvalue weighted by molar-refractivity contribution is 0.0948. The van der Waals surface area contributed by atoms with E-state index in [1.54, 1.807) is 23.1 Å². The molecule has 0 saturated carbocycles. The SMILES string of the molecule is O=C(NCc1ccc(Cn2cncn2)cc1)c1cc(Br)ccc1O. The standard InChI is InChI=1S/C17H15BrN4O2/c18-14-5-6-16(23)15(7-14)17(24)20-8-12-1-3-13(4-2-12)9-22-11-19-10-21-22/h1-7,10-11,23H,8-9H2,(H,20,24). The molecule has 0 fully saturated rings. The third-order valence-electron chi connectivity index (χ3n) is 3.49. The predicted molar refractivity (Wildman–Crippen MR) is 92.5 cm³/mol. The van der Waals surface area contributed by atoms with Crippen molar-refractivity contribution in [2.75, 3.05) is 0 Å². The Morgan fingerprint density at radius 3 is 2.62 bits per heavy atom. The number of benzene rings is 2. The highest BCUT2D eigenvalue weighted by Crippen LogP contribution is 2.21. The molecular formula is C17H15BrN4O2. The minimum atomic E-state index is -0.319. The molecule has 1 amide bonds. The second-order valence-electron chi connectivity index (χ2n) is 5.25. The third kappa shape index (κ3) is 3.99. The average molecular weight is 387 g/mol. The minimum absolute atomic E-state index is 0.0427. The summed E-state index contributed by atoms with van der Waals surface area (Å²) in [5.74, 6) is -0.362. The van der Waals surface area contributed by atoms with E-state index in [2.05, 4.69) is 31.3 Å². The summed E-state index contributed by atoms with van der Waals surface area (Å²) in [5.41, 5.74) is 2.31. The van der Waals surface area contributed by atoms with Gasteiger partial charge in [0.25, 0.3) is 5.91 Å². The van der Waals surface area contributed by atoms with Crippen LogP contribution in [0.5, 0.6) is 5.75 Å². The molecule has 0 unspecified atom stereocenters. The van der Waals surface area contributed by atoms with E-state index in [0.717, 1.165) is 15.6 Å². The number of rotatable bonds is 5. The molecule has 3 aromatic rings. The number of hydrogen-bond donors (Lipinski definition) is 2. The number of aromatic hydroxyl groups is 1. The molecule has 1 aromatic heterocycles. The van der Waals surface area contributed by atoms with Gasteiger partial charge in [-0.3, -0.25) is 4.79 Å². The van der Waals surface area contributed by atoms with Crippen LogP contribution in [0, 0.1) is 0 Å². The Morgan fingerprint density at radius 2 is 1.92 bits per heavy atom. The number of phenols is 1. The van der Waals surface area contributed by atoms with Crippen molar-refractivity contribution in [3.63, 3.8) is 0 Å². The summed E-state index contributed by atoms with van der Waals surface area (Å²) in [5, 5.41) is 16.6. The first-order chi connectivity index (χ1) is 11.6. The number of nitrogens with one attached hydrogen (secondary N) is 1. The Morgan fingerprint density at radius 1 is 1.17 bits per heavy atom. The molecule has 122 valence electrons. The second kappa shape index (κ2) is 7.27. The van der Waals surface area contributed by atoms with Gasteiger partial charge in [-0.15, -0.1) is 0 Å². The first kappa shape index (κ1) is 16.2. The van der Waals surface area contributed by atoms with E-state index in [1.165, 1.54) is 12.4 Å². The molecule has 0 aliphatic rings. The van der Waals surface area contributed by atoms with Gasteiger partial charge in [0.15, 0.2) is 0 Å². The number of carbonyl (C=O) groups is 1. The fraction of sp³-hybridized carbons (Fsp3) is 0.118. The molecule has 0 aliphatic carbocycles. The summed E-state index contributed by atoms with van der Waals surface area (Å²) in [6.45, 7) is 1.03. The van der Waals surface area contributed by atoms with Crippen molar-refractivity contribution in [2.24, 2.45) is 0 Å². The van der Waals surface area contributed by atoms with Crippen molar-refractivity contribution >= 4 is 21.8 Å². The van der Waals surface area contributed by atoms with Crippen molar-refractivity contribution in [3.8, 4) is 5.75 Å². The zero-order valence-corrected chi connectivity index (χ0v) is 14.3. The number of aromatic nitrogens is 3. The average Bonchev–Trinajstić information content (AvgIpc) is 3.09. The summed E-state index contributed by atoms with van der Waals surface area (Å²) in [7, 11) is 0. The number of halogens is 1. The number of hydrogen-bond acceptors (Lipinski definition) is 4. The van der Waals surface area contributed by atoms with Gasteiger partial charge in [-0.05, 0) is 29.3 Å². The Hall–Kier alpha value is -2.67. The van der Waals surface area contributed by atoms with E-state index in [9.17, 15) is 9.90 Å². The Bertz CT molecular complexity index is 832. The molecule has 0 spiro atoms. The van der Waals surface area contributed by atoms with Crippen LogP contribution in [0.15, 0.2) is 59.6 Å². The summed E-state index contributed by atoms with van der Waals surface area (Å²) in [4.78, 5) is 16.1. The molecule has 24 heavy (non-hydrogen) atoms. The van der Waals surface area contributed by atoms with Crippen LogP contribution >= 0.6 is 15.9 Å². The van der Waals surface area contributed by atoms with Crippen LogP contribution < -0.4 is 5.32 Å². The monoisotopic (exact) mass is 386 g/mol. The van der Waals surface area contributed by atoms with Crippen LogP contribution in [0.1, 0.15) is 21.5 Å². The zero-order valence-electron chi connectivity index (χ0n) is 12.7. The quantitative estimate of drug-likeness (QED) is 0.706. The van der Waals surface area contributed by atoms with Gasteiger partial charge in [0, 0.05) is 11.0 Å². The first-order valence-corrected chi connectivity index (χ1v) is 8.08. The van der Waals surface area contributed by atoms with Crippen molar-refractivity contribution in [3.05, 3.63) is 76.3 Å². The van der Waals surface area contributed by atoms with E-state index in [0.29, 0.717) is 13.1 Å². The summed E-state index contributed by atoms with van der Waals surface area (Å²) >= 11 is 3.29. The molecule has 0 radical (unpaired) electrons. The normalized spacial score (nSPS) is 10.5. The number of phenolic OH excluding ortho intramolecular Hbond substituents is 1. The minimum Gasteiger partial charge on any atom is -0.507 e. The van der Waals surface area contributed by atoms with Crippen molar-refractivity contribution in [2.45, 2.75) is 13.1 Å². The summed E-state index contributed by atoms with van der Waals surface area (Å²) < 4.78 is 2.48. The van der Waals surface area contributed by atoms with E-state index >= 15 is 0 Å². The number of amides is 1. The molecular weight excluding hydrogens is 372 g/mol. The van der Waals surface area contributed by atoms with Gasteiger partial charge in [-0.2, -0.15) is 5.10 Å². The van der Waals surface area contributed by atoms with Crippen LogP contribution in [0.3, 0.4) is 0 Å². The van der Waals surface area contributed by atoms with Crippen LogP contribution in [0.2, 0.25) is 0 Å². The van der Waals surface area contributed by atoms with Gasteiger partial charge in [0.2, 0.25) is 0 Å².